The Morgan fingerprint density at radius 2 is 1.67 bits per heavy atom. The predicted octanol–water partition coefficient (Wildman–Crippen LogP) is 4.02. The Morgan fingerprint density at radius 1 is 0.952 bits per heavy atom. The fourth-order valence-electron chi connectivity index (χ4n) is 2.01. The zero-order valence-electron chi connectivity index (χ0n) is 12.6. The summed E-state index contributed by atoms with van der Waals surface area (Å²) in [7, 11) is 3.40. The SMILES string of the molecule is COCCCc1ccc(N=Cc2ccc(OC)cc2)cc1. The molecule has 2 aromatic carbocycles. The highest BCUT2D eigenvalue weighted by atomic mass is 16.5. The van der Waals surface area contributed by atoms with Gasteiger partial charge in [0.05, 0.1) is 12.8 Å². The molecule has 2 aromatic rings. The minimum absolute atomic E-state index is 0.803. The van der Waals surface area contributed by atoms with Crippen LogP contribution in [0.2, 0.25) is 0 Å². The van der Waals surface area contributed by atoms with Crippen LogP contribution >= 0.6 is 0 Å². The number of ether oxygens (including phenoxy) is 2. The first-order valence-corrected chi connectivity index (χ1v) is 7.08. The van der Waals surface area contributed by atoms with Gasteiger partial charge in [-0.05, 0) is 60.4 Å². The zero-order valence-corrected chi connectivity index (χ0v) is 12.6. The molecule has 2 rings (SSSR count). The number of hydrogen-bond acceptors (Lipinski definition) is 3. The molecule has 3 heteroatoms. The lowest BCUT2D eigenvalue weighted by Crippen LogP contribution is -1.91. The van der Waals surface area contributed by atoms with E-state index in [4.69, 9.17) is 9.47 Å². The Hall–Kier alpha value is -2.13. The Kier molecular flexibility index (Phi) is 5.98. The van der Waals surface area contributed by atoms with Gasteiger partial charge in [-0.25, -0.2) is 0 Å². The van der Waals surface area contributed by atoms with Crippen LogP contribution < -0.4 is 4.74 Å². The van der Waals surface area contributed by atoms with Gasteiger partial charge < -0.3 is 9.47 Å². The second-order valence-corrected chi connectivity index (χ2v) is 4.79. The molecule has 0 aliphatic carbocycles. The lowest BCUT2D eigenvalue weighted by Gasteiger charge is -2.02. The monoisotopic (exact) mass is 283 g/mol. The van der Waals surface area contributed by atoms with Crippen molar-refractivity contribution in [1.29, 1.82) is 0 Å². The maximum Gasteiger partial charge on any atom is 0.118 e. The number of methoxy groups -OCH3 is 2. The van der Waals surface area contributed by atoms with E-state index >= 15 is 0 Å². The molecule has 0 unspecified atom stereocenters. The highest BCUT2D eigenvalue weighted by molar-refractivity contribution is 5.82. The molecule has 0 amide bonds. The average Bonchev–Trinajstić information content (AvgIpc) is 2.55. The number of rotatable bonds is 7. The summed E-state index contributed by atoms with van der Waals surface area (Å²) in [5.41, 5.74) is 3.33. The van der Waals surface area contributed by atoms with Crippen LogP contribution in [0.4, 0.5) is 5.69 Å². The van der Waals surface area contributed by atoms with Gasteiger partial charge in [-0.15, -0.1) is 0 Å². The molecular formula is C18H21NO2. The fraction of sp³-hybridized carbons (Fsp3) is 0.278. The first-order valence-electron chi connectivity index (χ1n) is 7.08. The molecule has 0 fully saturated rings. The summed E-state index contributed by atoms with van der Waals surface area (Å²) in [4.78, 5) is 4.48. The fourth-order valence-corrected chi connectivity index (χ4v) is 2.01. The van der Waals surface area contributed by atoms with E-state index < -0.39 is 0 Å². The van der Waals surface area contributed by atoms with Crippen molar-refractivity contribution in [3.63, 3.8) is 0 Å². The van der Waals surface area contributed by atoms with Crippen molar-refractivity contribution in [2.75, 3.05) is 20.8 Å². The third-order valence-electron chi connectivity index (χ3n) is 3.23. The van der Waals surface area contributed by atoms with E-state index in [2.05, 4.69) is 17.1 Å². The topological polar surface area (TPSA) is 30.8 Å². The normalized spacial score (nSPS) is 11.0. The van der Waals surface area contributed by atoms with Crippen LogP contribution in [0.5, 0.6) is 5.75 Å². The maximum atomic E-state index is 5.13. The second kappa shape index (κ2) is 8.22. The first kappa shape index (κ1) is 15.3. The number of hydrogen-bond donors (Lipinski definition) is 0. The number of aryl methyl sites for hydroxylation is 1. The number of nitrogens with zero attached hydrogens (tertiary/aromatic N) is 1. The largest absolute Gasteiger partial charge is 0.497 e. The lowest BCUT2D eigenvalue weighted by atomic mass is 10.1. The second-order valence-electron chi connectivity index (χ2n) is 4.79. The molecule has 0 atom stereocenters. The molecule has 110 valence electrons. The van der Waals surface area contributed by atoms with Crippen LogP contribution in [0, 0.1) is 0 Å². The van der Waals surface area contributed by atoms with Gasteiger partial charge in [0.1, 0.15) is 5.75 Å². The molecule has 0 heterocycles. The van der Waals surface area contributed by atoms with E-state index in [-0.39, 0.29) is 0 Å². The van der Waals surface area contributed by atoms with Crippen LogP contribution in [0.3, 0.4) is 0 Å². The van der Waals surface area contributed by atoms with Crippen LogP contribution in [0.15, 0.2) is 53.5 Å². The van der Waals surface area contributed by atoms with Crippen LogP contribution in [-0.2, 0) is 11.2 Å². The van der Waals surface area contributed by atoms with Crippen molar-refractivity contribution < 1.29 is 9.47 Å². The quantitative estimate of drug-likeness (QED) is 0.567. The van der Waals surface area contributed by atoms with Gasteiger partial charge >= 0.3 is 0 Å². The van der Waals surface area contributed by atoms with Crippen molar-refractivity contribution in [1.82, 2.24) is 0 Å². The smallest absolute Gasteiger partial charge is 0.118 e. The molecule has 21 heavy (non-hydrogen) atoms. The van der Waals surface area contributed by atoms with E-state index in [0.717, 1.165) is 36.4 Å². The minimum Gasteiger partial charge on any atom is -0.497 e. The van der Waals surface area contributed by atoms with E-state index in [1.54, 1.807) is 14.2 Å². The standard InChI is InChI=1S/C18H21NO2/c1-20-13-3-4-15-5-9-17(10-6-15)19-14-16-7-11-18(21-2)12-8-16/h5-12,14H,3-4,13H2,1-2H3. The molecule has 0 saturated heterocycles. The first-order chi connectivity index (χ1) is 10.3. The van der Waals surface area contributed by atoms with Gasteiger partial charge in [0, 0.05) is 19.9 Å². The Labute approximate surface area is 126 Å². The van der Waals surface area contributed by atoms with E-state index in [9.17, 15) is 0 Å². The van der Waals surface area contributed by atoms with Crippen molar-refractivity contribution in [3.8, 4) is 5.75 Å². The molecule has 0 N–H and O–H groups in total. The van der Waals surface area contributed by atoms with Gasteiger partial charge in [0.25, 0.3) is 0 Å². The summed E-state index contributed by atoms with van der Waals surface area (Å²) >= 11 is 0. The molecule has 0 bridgehead atoms. The minimum atomic E-state index is 0.803. The molecular weight excluding hydrogens is 262 g/mol. The molecule has 0 spiro atoms. The molecule has 0 radical (unpaired) electrons. The van der Waals surface area contributed by atoms with Crippen molar-refractivity contribution in [2.24, 2.45) is 4.99 Å². The van der Waals surface area contributed by atoms with Gasteiger partial charge in [0.2, 0.25) is 0 Å². The van der Waals surface area contributed by atoms with E-state index in [0.29, 0.717) is 0 Å². The maximum absolute atomic E-state index is 5.13. The van der Waals surface area contributed by atoms with Gasteiger partial charge in [-0.2, -0.15) is 0 Å². The molecule has 0 aromatic heterocycles. The lowest BCUT2D eigenvalue weighted by molar-refractivity contribution is 0.195. The Balaban J connectivity index is 1.93. The number of aliphatic imine (C=N–C) groups is 1. The van der Waals surface area contributed by atoms with Crippen molar-refractivity contribution in [3.05, 3.63) is 59.7 Å². The van der Waals surface area contributed by atoms with Crippen molar-refractivity contribution >= 4 is 11.9 Å². The predicted molar refractivity (Wildman–Crippen MR) is 86.9 cm³/mol. The van der Waals surface area contributed by atoms with Gasteiger partial charge in [-0.3, -0.25) is 4.99 Å². The molecule has 3 nitrogen and oxygen atoms in total. The highest BCUT2D eigenvalue weighted by Crippen LogP contribution is 2.15. The summed E-state index contributed by atoms with van der Waals surface area (Å²) in [5, 5.41) is 0. The van der Waals surface area contributed by atoms with Crippen LogP contribution in [-0.4, -0.2) is 27.0 Å². The average molecular weight is 283 g/mol. The summed E-state index contributed by atoms with van der Waals surface area (Å²) in [6.45, 7) is 0.803. The third kappa shape index (κ3) is 5.04. The molecule has 0 aliphatic rings. The number of benzene rings is 2. The van der Waals surface area contributed by atoms with E-state index in [1.165, 1.54) is 5.56 Å². The Morgan fingerprint density at radius 3 is 2.29 bits per heavy atom. The molecule has 0 aliphatic heterocycles. The van der Waals surface area contributed by atoms with Crippen LogP contribution in [0.1, 0.15) is 17.5 Å². The van der Waals surface area contributed by atoms with Gasteiger partial charge in [0.15, 0.2) is 0 Å². The zero-order chi connectivity index (χ0) is 14.9. The highest BCUT2D eigenvalue weighted by Gasteiger charge is 1.95. The summed E-state index contributed by atoms with van der Waals surface area (Å²) in [6, 6.07) is 16.2. The summed E-state index contributed by atoms with van der Waals surface area (Å²) in [6.07, 6.45) is 3.95. The summed E-state index contributed by atoms with van der Waals surface area (Å²) in [5.74, 6) is 0.854. The van der Waals surface area contributed by atoms with E-state index in [1.807, 2.05) is 42.6 Å². The third-order valence-corrected chi connectivity index (χ3v) is 3.23. The summed E-state index contributed by atoms with van der Waals surface area (Å²) < 4.78 is 10.2. The molecule has 0 saturated carbocycles. The Bertz CT molecular complexity index is 559. The van der Waals surface area contributed by atoms with Crippen molar-refractivity contribution in [2.45, 2.75) is 12.8 Å². The van der Waals surface area contributed by atoms with Gasteiger partial charge in [-0.1, -0.05) is 12.1 Å². The van der Waals surface area contributed by atoms with Crippen LogP contribution in [0.25, 0.3) is 0 Å².